The van der Waals surface area contributed by atoms with Gasteiger partial charge in [0.1, 0.15) is 16.3 Å². The Labute approximate surface area is 141 Å². The van der Waals surface area contributed by atoms with E-state index in [0.29, 0.717) is 5.03 Å². The molecule has 0 bridgehead atoms. The van der Waals surface area contributed by atoms with Gasteiger partial charge in [-0.2, -0.15) is 0 Å². The van der Waals surface area contributed by atoms with Crippen LogP contribution in [0.4, 0.5) is 5.95 Å². The summed E-state index contributed by atoms with van der Waals surface area (Å²) in [6, 6.07) is 0. The van der Waals surface area contributed by atoms with Crippen molar-refractivity contribution in [2.75, 3.05) is 19.1 Å². The van der Waals surface area contributed by atoms with Gasteiger partial charge in [-0.05, 0) is 25.5 Å². The molecule has 5 nitrogen and oxygen atoms in total. The maximum absolute atomic E-state index is 5.65. The van der Waals surface area contributed by atoms with Crippen LogP contribution in [0.1, 0.15) is 20.3 Å². The minimum atomic E-state index is -0.354. The van der Waals surface area contributed by atoms with E-state index in [4.69, 9.17) is 22.1 Å². The molecule has 0 N–H and O–H groups in total. The number of allylic oxidation sites excluding steroid dienone is 3. The Morgan fingerprint density at radius 2 is 2.04 bits per heavy atom. The van der Waals surface area contributed by atoms with Crippen molar-refractivity contribution in [2.45, 2.75) is 30.8 Å². The first-order valence-corrected chi connectivity index (χ1v) is 7.90. The number of rotatable bonds is 2. The topological polar surface area (TPSA) is 39.5 Å². The first-order valence-electron chi connectivity index (χ1n) is 7.49. The van der Waals surface area contributed by atoms with Gasteiger partial charge < -0.3 is 9.47 Å². The highest BCUT2D eigenvalue weighted by molar-refractivity contribution is 7.80. The molecule has 1 spiro atoms. The predicted octanol–water partition coefficient (Wildman–Crippen LogP) is 3.61. The summed E-state index contributed by atoms with van der Waals surface area (Å²) in [6.07, 6.45) is 8.73. The summed E-state index contributed by atoms with van der Waals surface area (Å²) in [5.74, 6) is 2.50. The van der Waals surface area contributed by atoms with Crippen molar-refractivity contribution in [3.05, 3.63) is 47.2 Å². The molecule has 1 radical (unpaired) electrons. The molecule has 6 heteroatoms. The van der Waals surface area contributed by atoms with Crippen LogP contribution < -0.4 is 4.90 Å². The van der Waals surface area contributed by atoms with Crippen molar-refractivity contribution < 1.29 is 9.47 Å². The van der Waals surface area contributed by atoms with Crippen LogP contribution in [-0.2, 0) is 9.47 Å². The first kappa shape index (κ1) is 14.4. The number of methoxy groups -OCH3 is 2. The molecule has 3 heterocycles. The molecule has 1 unspecified atom stereocenters. The third-order valence-corrected chi connectivity index (χ3v) is 5.09. The average molecular weight is 328 g/mol. The smallest absolute Gasteiger partial charge is 0.219 e. The number of hydrogen-bond acceptors (Lipinski definition) is 4. The van der Waals surface area contributed by atoms with Crippen LogP contribution in [0.25, 0.3) is 5.70 Å². The highest BCUT2D eigenvalue weighted by atomic mass is 32.1. The monoisotopic (exact) mass is 328 g/mol. The lowest BCUT2D eigenvalue weighted by molar-refractivity contribution is 0.262. The van der Waals surface area contributed by atoms with Gasteiger partial charge in [0.05, 0.1) is 26.1 Å². The molecule has 0 aromatic carbocycles. The van der Waals surface area contributed by atoms with Gasteiger partial charge in [0.25, 0.3) is 0 Å². The van der Waals surface area contributed by atoms with Gasteiger partial charge >= 0.3 is 0 Å². The third kappa shape index (κ3) is 1.59. The summed E-state index contributed by atoms with van der Waals surface area (Å²) in [5.41, 5.74) is 3.05. The normalized spacial score (nSPS) is 25.2. The summed E-state index contributed by atoms with van der Waals surface area (Å²) in [5, 5.41) is 0.696. The lowest BCUT2D eigenvalue weighted by Gasteiger charge is -2.42. The number of ether oxygens (including phenoxy) is 2. The molecule has 0 saturated heterocycles. The fraction of sp³-hybridized carbons (Fsp3) is 0.353. The van der Waals surface area contributed by atoms with Gasteiger partial charge in [-0.15, -0.1) is 0 Å². The average Bonchev–Trinajstić information content (AvgIpc) is 3.02. The largest absolute Gasteiger partial charge is 0.496 e. The molecule has 0 amide bonds. The highest BCUT2D eigenvalue weighted by Crippen LogP contribution is 2.54. The van der Waals surface area contributed by atoms with E-state index in [-0.39, 0.29) is 5.54 Å². The highest BCUT2D eigenvalue weighted by Gasteiger charge is 2.54. The fourth-order valence-corrected chi connectivity index (χ4v) is 4.32. The minimum absolute atomic E-state index is 0.354. The Balaban J connectivity index is 2.07. The number of anilines is 1. The molecule has 1 aliphatic carbocycles. The van der Waals surface area contributed by atoms with Crippen molar-refractivity contribution in [1.29, 1.82) is 0 Å². The molecule has 23 heavy (non-hydrogen) atoms. The van der Waals surface area contributed by atoms with Crippen molar-refractivity contribution in [2.24, 2.45) is 0 Å². The molecular formula is C17H18N3O2S. The SMILES string of the molecule is COC1=CC=CC23CC(C)=C(OC)C(C)=C2n2c([S])cnc2N13. The fourth-order valence-electron chi connectivity index (χ4n) is 4.10. The summed E-state index contributed by atoms with van der Waals surface area (Å²) in [6.45, 7) is 4.19. The maximum Gasteiger partial charge on any atom is 0.219 e. The predicted molar refractivity (Wildman–Crippen MR) is 90.7 cm³/mol. The molecule has 2 aliphatic heterocycles. The number of nitrogens with zero attached hydrogens (tertiary/aromatic N) is 3. The van der Waals surface area contributed by atoms with Crippen LogP contribution in [0.3, 0.4) is 0 Å². The molecule has 119 valence electrons. The second-order valence-electron chi connectivity index (χ2n) is 6.02. The zero-order valence-electron chi connectivity index (χ0n) is 13.6. The molecule has 1 aromatic heterocycles. The molecule has 3 aliphatic rings. The number of hydrogen-bond donors (Lipinski definition) is 0. The number of imidazole rings is 1. The third-order valence-electron chi connectivity index (χ3n) is 4.81. The van der Waals surface area contributed by atoms with Crippen LogP contribution in [0.2, 0.25) is 0 Å². The summed E-state index contributed by atoms with van der Waals surface area (Å²) in [4.78, 5) is 6.68. The minimum Gasteiger partial charge on any atom is -0.496 e. The summed E-state index contributed by atoms with van der Waals surface area (Å²) in [7, 11) is 3.40. The molecule has 0 fully saturated rings. The van der Waals surface area contributed by atoms with Crippen molar-refractivity contribution in [1.82, 2.24) is 9.55 Å². The lowest BCUT2D eigenvalue weighted by atomic mass is 9.78. The van der Waals surface area contributed by atoms with Crippen molar-refractivity contribution >= 4 is 24.3 Å². The van der Waals surface area contributed by atoms with Crippen molar-refractivity contribution in [3.8, 4) is 0 Å². The van der Waals surface area contributed by atoms with Crippen LogP contribution in [0.15, 0.2) is 52.2 Å². The van der Waals surface area contributed by atoms with Crippen molar-refractivity contribution in [3.63, 3.8) is 0 Å². The van der Waals surface area contributed by atoms with Gasteiger partial charge in [0.2, 0.25) is 5.95 Å². The van der Waals surface area contributed by atoms with E-state index in [2.05, 4.69) is 29.8 Å². The van der Waals surface area contributed by atoms with E-state index in [9.17, 15) is 0 Å². The zero-order valence-corrected chi connectivity index (χ0v) is 14.4. The van der Waals surface area contributed by atoms with E-state index in [1.807, 2.05) is 16.7 Å². The quantitative estimate of drug-likeness (QED) is 0.831. The molecule has 1 aromatic rings. The Hall–Kier alpha value is -2.21. The van der Waals surface area contributed by atoms with Gasteiger partial charge in [-0.1, -0.05) is 24.8 Å². The van der Waals surface area contributed by atoms with Gasteiger partial charge in [-0.3, -0.25) is 9.47 Å². The van der Waals surface area contributed by atoms with Gasteiger partial charge in [0, 0.05) is 12.0 Å². The number of aromatic nitrogens is 2. The van der Waals surface area contributed by atoms with Crippen LogP contribution in [-0.4, -0.2) is 29.3 Å². The van der Waals surface area contributed by atoms with Crippen LogP contribution in [0, 0.1) is 0 Å². The second kappa shape index (κ2) is 4.64. The Morgan fingerprint density at radius 3 is 2.74 bits per heavy atom. The molecule has 1 atom stereocenters. The lowest BCUT2D eigenvalue weighted by Crippen LogP contribution is -2.48. The Morgan fingerprint density at radius 1 is 1.26 bits per heavy atom. The number of fused-ring (bicyclic) bond motifs is 3. The molecular weight excluding hydrogens is 310 g/mol. The van der Waals surface area contributed by atoms with E-state index in [1.165, 1.54) is 5.57 Å². The first-order chi connectivity index (χ1) is 11.0. The Kier molecular flexibility index (Phi) is 2.90. The maximum atomic E-state index is 5.65. The second-order valence-corrected chi connectivity index (χ2v) is 6.44. The summed E-state index contributed by atoms with van der Waals surface area (Å²) >= 11 is 5.53. The van der Waals surface area contributed by atoms with E-state index in [1.54, 1.807) is 20.4 Å². The van der Waals surface area contributed by atoms with Gasteiger partial charge in [-0.25, -0.2) is 4.98 Å². The van der Waals surface area contributed by atoms with Gasteiger partial charge in [0.15, 0.2) is 5.88 Å². The van der Waals surface area contributed by atoms with E-state index in [0.717, 1.165) is 35.3 Å². The Bertz CT molecular complexity index is 831. The standard InChI is InChI=1S/C17H18N3O2S/c1-10-8-17-7-5-6-12(21-3)20(17)16-18-9-13(23)19(16)15(17)11(2)14(10)22-4/h5-7,9H,8H2,1-4H3. The zero-order chi connectivity index (χ0) is 16.4. The molecule has 4 rings (SSSR count). The van der Waals surface area contributed by atoms with E-state index >= 15 is 0 Å². The summed E-state index contributed by atoms with van der Waals surface area (Å²) < 4.78 is 13.3. The van der Waals surface area contributed by atoms with Crippen LogP contribution in [0.5, 0.6) is 0 Å². The van der Waals surface area contributed by atoms with E-state index < -0.39 is 0 Å². The molecule has 0 saturated carbocycles. The van der Waals surface area contributed by atoms with Crippen LogP contribution >= 0.6 is 12.6 Å².